The van der Waals surface area contributed by atoms with Gasteiger partial charge in [-0.05, 0) is 32.0 Å². The Labute approximate surface area is 107 Å². The average molecular weight is 305 g/mol. The van der Waals surface area contributed by atoms with Crippen molar-refractivity contribution in [2.24, 2.45) is 11.3 Å². The molecule has 1 amide bonds. The highest BCUT2D eigenvalue weighted by Crippen LogP contribution is 2.24. The van der Waals surface area contributed by atoms with Gasteiger partial charge in [0, 0.05) is 4.47 Å². The standard InChI is InChI=1S/C11H14BrFN2O2/c1-11(2,10(16)15-14)6-17-9-5-7(12)3-4-8(9)13/h3-5H,6,14H2,1-2H3,(H,15,16). The quantitative estimate of drug-likeness (QED) is 0.508. The molecule has 1 aromatic carbocycles. The van der Waals surface area contributed by atoms with Crippen molar-refractivity contribution in [2.45, 2.75) is 13.8 Å². The van der Waals surface area contributed by atoms with Gasteiger partial charge >= 0.3 is 0 Å². The maximum Gasteiger partial charge on any atom is 0.242 e. The fraction of sp³-hybridized carbons (Fsp3) is 0.364. The van der Waals surface area contributed by atoms with E-state index in [1.165, 1.54) is 12.1 Å². The van der Waals surface area contributed by atoms with Gasteiger partial charge in [-0.3, -0.25) is 10.2 Å². The molecule has 0 aliphatic heterocycles. The molecule has 3 N–H and O–H groups in total. The fourth-order valence-corrected chi connectivity index (χ4v) is 1.45. The molecular formula is C11H14BrFN2O2. The number of halogens is 2. The largest absolute Gasteiger partial charge is 0.489 e. The molecule has 1 rings (SSSR count). The van der Waals surface area contributed by atoms with Crippen LogP contribution in [0, 0.1) is 11.2 Å². The molecule has 0 saturated heterocycles. The Bertz CT molecular complexity index is 424. The molecule has 0 heterocycles. The summed E-state index contributed by atoms with van der Waals surface area (Å²) in [7, 11) is 0. The van der Waals surface area contributed by atoms with Crippen molar-refractivity contribution < 1.29 is 13.9 Å². The monoisotopic (exact) mass is 304 g/mol. The number of nitrogens with two attached hydrogens (primary N) is 1. The molecule has 0 fully saturated rings. The molecule has 0 bridgehead atoms. The number of nitrogens with one attached hydrogen (secondary N) is 1. The normalized spacial score (nSPS) is 11.1. The van der Waals surface area contributed by atoms with Crippen LogP contribution < -0.4 is 16.0 Å². The lowest BCUT2D eigenvalue weighted by molar-refractivity contribution is -0.130. The van der Waals surface area contributed by atoms with Crippen LogP contribution in [0.3, 0.4) is 0 Å². The molecular weight excluding hydrogens is 291 g/mol. The van der Waals surface area contributed by atoms with Gasteiger partial charge < -0.3 is 4.74 Å². The highest BCUT2D eigenvalue weighted by Gasteiger charge is 2.28. The Morgan fingerprint density at radius 1 is 1.59 bits per heavy atom. The summed E-state index contributed by atoms with van der Waals surface area (Å²) in [5.74, 6) is 4.30. The second-order valence-corrected chi connectivity index (χ2v) is 5.14. The maximum atomic E-state index is 13.4. The van der Waals surface area contributed by atoms with Gasteiger partial charge in [0.25, 0.3) is 0 Å². The lowest BCUT2D eigenvalue weighted by Crippen LogP contribution is -2.44. The number of hydrogen-bond donors (Lipinski definition) is 2. The van der Waals surface area contributed by atoms with Crippen LogP contribution in [-0.4, -0.2) is 12.5 Å². The SMILES string of the molecule is CC(C)(COc1cc(Br)ccc1F)C(=O)NN. The van der Waals surface area contributed by atoms with Crippen LogP contribution in [0.1, 0.15) is 13.8 Å². The summed E-state index contributed by atoms with van der Waals surface area (Å²) >= 11 is 3.21. The van der Waals surface area contributed by atoms with Crippen molar-refractivity contribution in [3.8, 4) is 5.75 Å². The molecule has 0 spiro atoms. The minimum absolute atomic E-state index is 0.0312. The predicted molar refractivity (Wildman–Crippen MR) is 65.7 cm³/mol. The molecule has 0 aliphatic carbocycles. The lowest BCUT2D eigenvalue weighted by Gasteiger charge is -2.22. The van der Waals surface area contributed by atoms with Gasteiger partial charge in [-0.2, -0.15) is 0 Å². The maximum absolute atomic E-state index is 13.4. The molecule has 17 heavy (non-hydrogen) atoms. The lowest BCUT2D eigenvalue weighted by atomic mass is 9.94. The summed E-state index contributed by atoms with van der Waals surface area (Å²) in [6.45, 7) is 3.35. The second kappa shape index (κ2) is 5.46. The van der Waals surface area contributed by atoms with Crippen molar-refractivity contribution in [1.82, 2.24) is 5.43 Å². The van der Waals surface area contributed by atoms with E-state index in [2.05, 4.69) is 15.9 Å². The van der Waals surface area contributed by atoms with Gasteiger partial charge in [0.05, 0.1) is 5.41 Å². The van der Waals surface area contributed by atoms with Crippen LogP contribution in [0.4, 0.5) is 4.39 Å². The van der Waals surface area contributed by atoms with Crippen LogP contribution in [0.15, 0.2) is 22.7 Å². The number of hydrazine groups is 1. The molecule has 0 saturated carbocycles. The van der Waals surface area contributed by atoms with Gasteiger partial charge in [0.2, 0.25) is 5.91 Å². The number of benzene rings is 1. The van der Waals surface area contributed by atoms with Crippen molar-refractivity contribution in [2.75, 3.05) is 6.61 Å². The van der Waals surface area contributed by atoms with Crippen LogP contribution in [-0.2, 0) is 4.79 Å². The van der Waals surface area contributed by atoms with Gasteiger partial charge in [-0.1, -0.05) is 15.9 Å². The Morgan fingerprint density at radius 2 is 2.24 bits per heavy atom. The van der Waals surface area contributed by atoms with Gasteiger partial charge in [0.15, 0.2) is 11.6 Å². The van der Waals surface area contributed by atoms with Crippen molar-refractivity contribution in [1.29, 1.82) is 0 Å². The minimum atomic E-state index is -0.830. The first-order valence-corrected chi connectivity index (χ1v) is 5.75. The van der Waals surface area contributed by atoms with E-state index in [-0.39, 0.29) is 18.3 Å². The zero-order valence-corrected chi connectivity index (χ0v) is 11.2. The molecule has 1 aromatic rings. The third kappa shape index (κ3) is 3.67. The van der Waals surface area contributed by atoms with Gasteiger partial charge in [0.1, 0.15) is 6.61 Å². The van der Waals surface area contributed by atoms with Crippen LogP contribution in [0.2, 0.25) is 0 Å². The summed E-state index contributed by atoms with van der Waals surface area (Å²) in [5, 5.41) is 0. The number of rotatable bonds is 4. The van der Waals surface area contributed by atoms with Crippen LogP contribution in [0.25, 0.3) is 0 Å². The molecule has 0 radical (unpaired) electrons. The molecule has 0 atom stereocenters. The third-order valence-electron chi connectivity index (χ3n) is 2.23. The summed E-state index contributed by atoms with van der Waals surface area (Å²) < 4.78 is 19.3. The van der Waals surface area contributed by atoms with E-state index in [0.29, 0.717) is 4.47 Å². The van der Waals surface area contributed by atoms with E-state index in [9.17, 15) is 9.18 Å². The first-order chi connectivity index (χ1) is 7.86. The molecule has 4 nitrogen and oxygen atoms in total. The Balaban J connectivity index is 2.73. The summed E-state index contributed by atoms with van der Waals surface area (Å²) in [6.07, 6.45) is 0. The first-order valence-electron chi connectivity index (χ1n) is 4.96. The zero-order valence-electron chi connectivity index (χ0n) is 9.59. The first kappa shape index (κ1) is 13.9. The Kier molecular flexibility index (Phi) is 4.47. The minimum Gasteiger partial charge on any atom is -0.489 e. The van der Waals surface area contributed by atoms with E-state index < -0.39 is 11.2 Å². The number of carbonyl (C=O) groups is 1. The topological polar surface area (TPSA) is 64.3 Å². The fourth-order valence-electron chi connectivity index (χ4n) is 1.11. The smallest absolute Gasteiger partial charge is 0.242 e. The molecule has 6 heteroatoms. The number of hydrogen-bond acceptors (Lipinski definition) is 3. The highest BCUT2D eigenvalue weighted by atomic mass is 79.9. The van der Waals surface area contributed by atoms with Gasteiger partial charge in [-0.25, -0.2) is 10.2 Å². The van der Waals surface area contributed by atoms with Crippen molar-refractivity contribution in [3.63, 3.8) is 0 Å². The number of amides is 1. The van der Waals surface area contributed by atoms with Crippen LogP contribution >= 0.6 is 15.9 Å². The van der Waals surface area contributed by atoms with Crippen LogP contribution in [0.5, 0.6) is 5.75 Å². The Hall–Kier alpha value is -1.14. The summed E-state index contributed by atoms with van der Waals surface area (Å²) in [5.41, 5.74) is 1.22. The summed E-state index contributed by atoms with van der Waals surface area (Å²) in [6, 6.07) is 4.36. The molecule has 0 aromatic heterocycles. The summed E-state index contributed by atoms with van der Waals surface area (Å²) in [4.78, 5) is 11.4. The highest BCUT2D eigenvalue weighted by molar-refractivity contribution is 9.10. The predicted octanol–water partition coefficient (Wildman–Crippen LogP) is 1.98. The van der Waals surface area contributed by atoms with Crippen molar-refractivity contribution in [3.05, 3.63) is 28.5 Å². The van der Waals surface area contributed by atoms with Gasteiger partial charge in [-0.15, -0.1) is 0 Å². The number of ether oxygens (including phenoxy) is 1. The van der Waals surface area contributed by atoms with E-state index in [1.807, 2.05) is 5.43 Å². The second-order valence-electron chi connectivity index (χ2n) is 4.22. The molecule has 0 unspecified atom stereocenters. The average Bonchev–Trinajstić information content (AvgIpc) is 2.29. The number of carbonyl (C=O) groups excluding carboxylic acids is 1. The van der Waals surface area contributed by atoms with E-state index in [0.717, 1.165) is 0 Å². The van der Waals surface area contributed by atoms with E-state index in [1.54, 1.807) is 19.9 Å². The zero-order chi connectivity index (χ0) is 13.1. The third-order valence-corrected chi connectivity index (χ3v) is 2.72. The van der Waals surface area contributed by atoms with Crippen molar-refractivity contribution >= 4 is 21.8 Å². The molecule has 94 valence electrons. The molecule has 0 aliphatic rings. The van der Waals surface area contributed by atoms with E-state index >= 15 is 0 Å². The Morgan fingerprint density at radius 3 is 2.82 bits per heavy atom. The van der Waals surface area contributed by atoms with E-state index in [4.69, 9.17) is 10.6 Å².